The normalized spacial score (nSPS) is 16.6. The predicted octanol–water partition coefficient (Wildman–Crippen LogP) is 4.48. The van der Waals surface area contributed by atoms with Crippen LogP contribution in [0.4, 0.5) is 11.5 Å². The van der Waals surface area contributed by atoms with E-state index in [1.54, 1.807) is 24.2 Å². The summed E-state index contributed by atoms with van der Waals surface area (Å²) >= 11 is 1.60. The topological polar surface area (TPSA) is 58.1 Å². The van der Waals surface area contributed by atoms with Crippen LogP contribution in [-0.2, 0) is 4.79 Å². The molecule has 142 valence electrons. The van der Waals surface area contributed by atoms with Crippen molar-refractivity contribution >= 4 is 29.2 Å². The molecule has 1 saturated heterocycles. The minimum absolute atomic E-state index is 0.0643. The van der Waals surface area contributed by atoms with Crippen molar-refractivity contribution < 1.29 is 4.79 Å². The van der Waals surface area contributed by atoms with Gasteiger partial charge in [0.15, 0.2) is 5.82 Å². The number of rotatable bonds is 5. The van der Waals surface area contributed by atoms with Crippen LogP contribution >= 0.6 is 11.8 Å². The van der Waals surface area contributed by atoms with Crippen molar-refractivity contribution in [3.63, 3.8) is 0 Å². The molecule has 28 heavy (non-hydrogen) atoms. The zero-order valence-electron chi connectivity index (χ0n) is 15.5. The van der Waals surface area contributed by atoms with Crippen LogP contribution in [0.15, 0.2) is 83.0 Å². The van der Waals surface area contributed by atoms with Gasteiger partial charge in [-0.05, 0) is 37.1 Å². The molecule has 6 heteroatoms. The fraction of sp³-hybridized carbons (Fsp3) is 0.227. The fourth-order valence-corrected chi connectivity index (χ4v) is 4.26. The van der Waals surface area contributed by atoms with Gasteiger partial charge in [-0.1, -0.05) is 48.2 Å². The molecule has 1 aliphatic heterocycles. The van der Waals surface area contributed by atoms with Crippen molar-refractivity contribution in [1.29, 1.82) is 0 Å². The Hall–Kier alpha value is -2.86. The summed E-state index contributed by atoms with van der Waals surface area (Å²) in [4.78, 5) is 25.2. The van der Waals surface area contributed by atoms with Crippen LogP contribution < -0.4 is 10.2 Å². The Bertz CT molecular complexity index is 920. The second-order valence-electron chi connectivity index (χ2n) is 6.74. The van der Waals surface area contributed by atoms with Crippen LogP contribution in [0.3, 0.4) is 0 Å². The summed E-state index contributed by atoms with van der Waals surface area (Å²) in [6.45, 7) is 1.54. The van der Waals surface area contributed by atoms with Crippen LogP contribution in [0.1, 0.15) is 12.8 Å². The number of nitrogens with zero attached hydrogens (tertiary/aromatic N) is 3. The molecule has 0 spiro atoms. The molecule has 0 saturated carbocycles. The zero-order chi connectivity index (χ0) is 19.2. The second kappa shape index (κ2) is 8.89. The number of piperidine rings is 1. The lowest BCUT2D eigenvalue weighted by atomic mass is 9.97. The van der Waals surface area contributed by atoms with Gasteiger partial charge >= 0.3 is 0 Å². The highest BCUT2D eigenvalue weighted by Crippen LogP contribution is 2.34. The van der Waals surface area contributed by atoms with Gasteiger partial charge in [-0.15, -0.1) is 0 Å². The lowest BCUT2D eigenvalue weighted by Crippen LogP contribution is -2.41. The second-order valence-corrected chi connectivity index (χ2v) is 7.80. The van der Waals surface area contributed by atoms with E-state index in [0.29, 0.717) is 6.54 Å². The van der Waals surface area contributed by atoms with E-state index in [9.17, 15) is 4.79 Å². The lowest BCUT2D eigenvalue weighted by Gasteiger charge is -2.33. The van der Waals surface area contributed by atoms with Gasteiger partial charge in [0.25, 0.3) is 0 Å². The third kappa shape index (κ3) is 4.51. The van der Waals surface area contributed by atoms with Crippen LogP contribution in [-0.4, -0.2) is 29.0 Å². The molecule has 3 aromatic rings. The number of amides is 1. The van der Waals surface area contributed by atoms with Gasteiger partial charge < -0.3 is 10.2 Å². The summed E-state index contributed by atoms with van der Waals surface area (Å²) < 4.78 is 0. The summed E-state index contributed by atoms with van der Waals surface area (Å²) in [5.41, 5.74) is 0.837. The maximum absolute atomic E-state index is 12.7. The maximum Gasteiger partial charge on any atom is 0.229 e. The Morgan fingerprint density at radius 2 is 1.71 bits per heavy atom. The minimum Gasteiger partial charge on any atom is -0.354 e. The van der Waals surface area contributed by atoms with Crippen molar-refractivity contribution in [3.05, 3.63) is 73.1 Å². The Morgan fingerprint density at radius 3 is 2.50 bits per heavy atom. The maximum atomic E-state index is 12.7. The van der Waals surface area contributed by atoms with Crippen LogP contribution in [0.2, 0.25) is 0 Å². The van der Waals surface area contributed by atoms with Crippen LogP contribution in [0.5, 0.6) is 0 Å². The Balaban J connectivity index is 1.48. The molecule has 1 aromatic heterocycles. The quantitative estimate of drug-likeness (QED) is 0.696. The van der Waals surface area contributed by atoms with E-state index in [2.05, 4.69) is 32.3 Å². The summed E-state index contributed by atoms with van der Waals surface area (Å²) in [6.07, 6.45) is 5.28. The molecule has 0 unspecified atom stereocenters. The molecule has 0 bridgehead atoms. The molecule has 1 fully saturated rings. The number of para-hydroxylation sites is 1. The van der Waals surface area contributed by atoms with Gasteiger partial charge in [0, 0.05) is 36.1 Å². The van der Waals surface area contributed by atoms with Crippen molar-refractivity contribution in [2.75, 3.05) is 23.3 Å². The zero-order valence-corrected chi connectivity index (χ0v) is 16.3. The molecule has 1 N–H and O–H groups in total. The van der Waals surface area contributed by atoms with Gasteiger partial charge in [0.1, 0.15) is 5.03 Å². The van der Waals surface area contributed by atoms with Crippen molar-refractivity contribution in [3.8, 4) is 0 Å². The van der Waals surface area contributed by atoms with E-state index in [1.165, 1.54) is 0 Å². The third-order valence-corrected chi connectivity index (χ3v) is 5.73. The number of anilines is 2. The lowest BCUT2D eigenvalue weighted by molar-refractivity contribution is -0.120. The molecule has 2 heterocycles. The number of benzene rings is 2. The Kier molecular flexibility index (Phi) is 5.87. The van der Waals surface area contributed by atoms with Gasteiger partial charge in [0.05, 0.1) is 5.92 Å². The van der Waals surface area contributed by atoms with Gasteiger partial charge in [-0.2, -0.15) is 0 Å². The van der Waals surface area contributed by atoms with E-state index in [4.69, 9.17) is 0 Å². The first kappa shape index (κ1) is 18.5. The van der Waals surface area contributed by atoms with E-state index in [-0.39, 0.29) is 11.8 Å². The fourth-order valence-electron chi connectivity index (χ4n) is 3.36. The summed E-state index contributed by atoms with van der Waals surface area (Å²) in [7, 11) is 0. The first-order valence-electron chi connectivity index (χ1n) is 9.44. The summed E-state index contributed by atoms with van der Waals surface area (Å²) in [5.74, 6) is 0.858. The largest absolute Gasteiger partial charge is 0.354 e. The predicted molar refractivity (Wildman–Crippen MR) is 113 cm³/mol. The SMILES string of the molecule is O=C(Nc1ccccc1)[C@H]1CCCN(c2nccnc2Sc2ccccc2)C1. The molecule has 1 aliphatic rings. The number of hydrogen-bond donors (Lipinski definition) is 1. The molecule has 4 rings (SSSR count). The molecule has 1 amide bonds. The molecular weight excluding hydrogens is 368 g/mol. The number of carbonyl (C=O) groups is 1. The number of nitrogens with one attached hydrogen (secondary N) is 1. The average Bonchev–Trinajstić information content (AvgIpc) is 2.76. The minimum atomic E-state index is -0.0643. The molecular formula is C22H22N4OS. The van der Waals surface area contributed by atoms with E-state index in [1.807, 2.05) is 48.5 Å². The third-order valence-electron chi connectivity index (χ3n) is 4.74. The van der Waals surface area contributed by atoms with Crippen molar-refractivity contribution in [1.82, 2.24) is 9.97 Å². The molecule has 2 aromatic carbocycles. The van der Waals surface area contributed by atoms with Gasteiger partial charge in [-0.3, -0.25) is 4.79 Å². The Labute approximate surface area is 169 Å². The summed E-state index contributed by atoms with van der Waals surface area (Å²) in [6, 6.07) is 19.8. The number of aromatic nitrogens is 2. The highest BCUT2D eigenvalue weighted by atomic mass is 32.2. The molecule has 0 aliphatic carbocycles. The van der Waals surface area contributed by atoms with Crippen molar-refractivity contribution in [2.24, 2.45) is 5.92 Å². The van der Waals surface area contributed by atoms with Crippen molar-refractivity contribution in [2.45, 2.75) is 22.8 Å². The van der Waals surface area contributed by atoms with Crippen LogP contribution in [0, 0.1) is 5.92 Å². The summed E-state index contributed by atoms with van der Waals surface area (Å²) in [5, 5.41) is 3.90. The van der Waals surface area contributed by atoms with Gasteiger partial charge in [-0.25, -0.2) is 9.97 Å². The molecule has 5 nitrogen and oxygen atoms in total. The van der Waals surface area contributed by atoms with E-state index < -0.39 is 0 Å². The smallest absolute Gasteiger partial charge is 0.229 e. The highest BCUT2D eigenvalue weighted by Gasteiger charge is 2.28. The molecule has 0 radical (unpaired) electrons. The number of hydrogen-bond acceptors (Lipinski definition) is 5. The van der Waals surface area contributed by atoms with Crippen LogP contribution in [0.25, 0.3) is 0 Å². The highest BCUT2D eigenvalue weighted by molar-refractivity contribution is 7.99. The standard InChI is InChI=1S/C22H22N4OS/c27-21(25-18-9-3-1-4-10-18)17-8-7-15-26(16-17)20-22(24-14-13-23-20)28-19-11-5-2-6-12-19/h1-6,9-14,17H,7-8,15-16H2,(H,25,27)/t17-/m0/s1. The first-order valence-corrected chi connectivity index (χ1v) is 10.3. The first-order chi connectivity index (χ1) is 13.8. The average molecular weight is 391 g/mol. The van der Waals surface area contributed by atoms with E-state index in [0.717, 1.165) is 40.8 Å². The number of carbonyl (C=O) groups excluding carboxylic acids is 1. The monoisotopic (exact) mass is 390 g/mol. The van der Waals surface area contributed by atoms with E-state index >= 15 is 0 Å². The van der Waals surface area contributed by atoms with Gasteiger partial charge in [0.2, 0.25) is 5.91 Å². The molecule has 1 atom stereocenters. The Morgan fingerprint density at radius 1 is 1.00 bits per heavy atom.